The predicted molar refractivity (Wildman–Crippen MR) is 44.9 cm³/mol. The van der Waals surface area contributed by atoms with Gasteiger partial charge in [-0.1, -0.05) is 27.2 Å². The summed E-state index contributed by atoms with van der Waals surface area (Å²) in [6, 6.07) is 0. The van der Waals surface area contributed by atoms with Crippen LogP contribution in [0, 0.1) is 11.8 Å². The van der Waals surface area contributed by atoms with E-state index in [1.54, 1.807) is 0 Å². The molecule has 0 amide bonds. The molecule has 0 aliphatic heterocycles. The fourth-order valence-electron chi connectivity index (χ4n) is 1.05. The third-order valence-corrected chi connectivity index (χ3v) is 2.61. The Labute approximate surface area is 64.5 Å². The van der Waals surface area contributed by atoms with E-state index in [2.05, 4.69) is 20.8 Å². The zero-order valence-electron chi connectivity index (χ0n) is 7.81. The Morgan fingerprint density at radius 3 is 1.80 bits per heavy atom. The van der Waals surface area contributed by atoms with Crippen LogP contribution >= 0.6 is 0 Å². The van der Waals surface area contributed by atoms with Crippen LogP contribution in [0.4, 0.5) is 0 Å². The van der Waals surface area contributed by atoms with Gasteiger partial charge in [0, 0.05) is 0 Å². The molecule has 0 saturated heterocycles. The Morgan fingerprint density at radius 2 is 1.70 bits per heavy atom. The van der Waals surface area contributed by atoms with Crippen molar-refractivity contribution >= 4 is 0 Å². The summed E-state index contributed by atoms with van der Waals surface area (Å²) in [6.07, 6.45) is 1.14. The first kappa shape index (κ1) is 9.96. The van der Waals surface area contributed by atoms with E-state index in [-0.39, 0.29) is 0 Å². The topological polar surface area (TPSA) is 20.2 Å². The van der Waals surface area contributed by atoms with E-state index in [0.717, 1.165) is 6.42 Å². The van der Waals surface area contributed by atoms with E-state index < -0.39 is 5.60 Å². The van der Waals surface area contributed by atoms with Gasteiger partial charge in [0.05, 0.1) is 5.60 Å². The second-order valence-corrected chi connectivity index (χ2v) is 3.83. The van der Waals surface area contributed by atoms with Crippen molar-refractivity contribution in [3.05, 3.63) is 0 Å². The average molecular weight is 144 g/mol. The highest BCUT2D eigenvalue weighted by atomic mass is 16.3. The van der Waals surface area contributed by atoms with Gasteiger partial charge in [-0.05, 0) is 25.7 Å². The maximum absolute atomic E-state index is 9.59. The molecule has 2 unspecified atom stereocenters. The minimum Gasteiger partial charge on any atom is -0.390 e. The van der Waals surface area contributed by atoms with E-state index in [1.165, 1.54) is 0 Å². The van der Waals surface area contributed by atoms with Crippen molar-refractivity contribution < 1.29 is 5.11 Å². The Bertz CT molecular complexity index is 91.4. The third kappa shape index (κ3) is 2.70. The second-order valence-electron chi connectivity index (χ2n) is 3.83. The van der Waals surface area contributed by atoms with Crippen molar-refractivity contribution in [1.29, 1.82) is 0 Å². The maximum atomic E-state index is 9.59. The number of aliphatic hydroxyl groups is 1. The number of hydrogen-bond acceptors (Lipinski definition) is 1. The van der Waals surface area contributed by atoms with Crippen molar-refractivity contribution in [2.45, 2.75) is 46.6 Å². The summed E-state index contributed by atoms with van der Waals surface area (Å²) in [5.41, 5.74) is -0.518. The van der Waals surface area contributed by atoms with Gasteiger partial charge in [0.2, 0.25) is 0 Å². The Morgan fingerprint density at radius 1 is 1.30 bits per heavy atom. The summed E-state index contributed by atoms with van der Waals surface area (Å²) in [6.45, 7) is 10.2. The van der Waals surface area contributed by atoms with Crippen LogP contribution in [0.5, 0.6) is 0 Å². The lowest BCUT2D eigenvalue weighted by atomic mass is 9.81. The highest BCUT2D eigenvalue weighted by Gasteiger charge is 2.25. The van der Waals surface area contributed by atoms with Gasteiger partial charge in [0.1, 0.15) is 0 Å². The van der Waals surface area contributed by atoms with Crippen LogP contribution in [0.2, 0.25) is 0 Å². The lowest BCUT2D eigenvalue weighted by molar-refractivity contribution is 0.00120. The van der Waals surface area contributed by atoms with Gasteiger partial charge in [-0.3, -0.25) is 0 Å². The molecule has 0 aliphatic carbocycles. The molecule has 0 aromatic heterocycles. The summed E-state index contributed by atoms with van der Waals surface area (Å²) in [7, 11) is 0. The van der Waals surface area contributed by atoms with Crippen molar-refractivity contribution in [2.24, 2.45) is 11.8 Å². The average Bonchev–Trinajstić information content (AvgIpc) is 1.83. The number of rotatable bonds is 3. The van der Waals surface area contributed by atoms with E-state index in [1.807, 2.05) is 13.8 Å². The van der Waals surface area contributed by atoms with Gasteiger partial charge in [0.15, 0.2) is 0 Å². The molecular formula is C9H20O. The molecule has 0 saturated carbocycles. The molecule has 10 heavy (non-hydrogen) atoms. The van der Waals surface area contributed by atoms with E-state index >= 15 is 0 Å². The molecule has 0 heterocycles. The van der Waals surface area contributed by atoms with Crippen LogP contribution in [-0.2, 0) is 0 Å². The molecule has 2 atom stereocenters. The summed E-state index contributed by atoms with van der Waals surface area (Å²) < 4.78 is 0. The quantitative estimate of drug-likeness (QED) is 0.645. The Balaban J connectivity index is 3.94. The number of hydrogen-bond donors (Lipinski definition) is 1. The lowest BCUT2D eigenvalue weighted by Gasteiger charge is -2.30. The third-order valence-electron chi connectivity index (χ3n) is 2.61. The zero-order chi connectivity index (χ0) is 8.36. The van der Waals surface area contributed by atoms with Crippen LogP contribution in [0.1, 0.15) is 41.0 Å². The zero-order valence-corrected chi connectivity index (χ0v) is 7.81. The van der Waals surface area contributed by atoms with Gasteiger partial charge in [-0.2, -0.15) is 0 Å². The fourth-order valence-corrected chi connectivity index (χ4v) is 1.05. The molecule has 0 aliphatic rings. The largest absolute Gasteiger partial charge is 0.390 e. The van der Waals surface area contributed by atoms with E-state index in [0.29, 0.717) is 11.8 Å². The molecule has 0 spiro atoms. The lowest BCUT2D eigenvalue weighted by Crippen LogP contribution is -2.32. The van der Waals surface area contributed by atoms with Crippen LogP contribution in [-0.4, -0.2) is 10.7 Å². The first-order valence-electron chi connectivity index (χ1n) is 4.12. The molecule has 1 N–H and O–H groups in total. The molecule has 0 aromatic carbocycles. The second kappa shape index (κ2) is 3.38. The predicted octanol–water partition coefficient (Wildman–Crippen LogP) is 2.44. The Hall–Kier alpha value is -0.0400. The molecule has 0 radical (unpaired) electrons. The molecule has 1 heteroatoms. The monoisotopic (exact) mass is 144 g/mol. The minimum absolute atomic E-state index is 0.387. The summed E-state index contributed by atoms with van der Waals surface area (Å²) in [4.78, 5) is 0. The fraction of sp³-hybridized carbons (Fsp3) is 1.00. The van der Waals surface area contributed by atoms with Crippen molar-refractivity contribution in [3.8, 4) is 0 Å². The summed E-state index contributed by atoms with van der Waals surface area (Å²) >= 11 is 0. The molecule has 1 nitrogen and oxygen atoms in total. The molecule has 0 aromatic rings. The van der Waals surface area contributed by atoms with Crippen LogP contribution in [0.25, 0.3) is 0 Å². The highest BCUT2D eigenvalue weighted by Crippen LogP contribution is 2.25. The van der Waals surface area contributed by atoms with Crippen molar-refractivity contribution in [1.82, 2.24) is 0 Å². The van der Waals surface area contributed by atoms with Crippen LogP contribution in [0.15, 0.2) is 0 Å². The SMILES string of the molecule is CCC(C)C(C)C(C)(C)O. The van der Waals surface area contributed by atoms with E-state index in [4.69, 9.17) is 0 Å². The Kier molecular flexibility index (Phi) is 3.37. The normalized spacial score (nSPS) is 18.6. The van der Waals surface area contributed by atoms with Gasteiger partial charge in [0.25, 0.3) is 0 Å². The first-order chi connectivity index (χ1) is 4.39. The van der Waals surface area contributed by atoms with Gasteiger partial charge >= 0.3 is 0 Å². The molecule has 0 bridgehead atoms. The minimum atomic E-state index is -0.518. The molecular weight excluding hydrogens is 124 g/mol. The van der Waals surface area contributed by atoms with Crippen molar-refractivity contribution in [2.75, 3.05) is 0 Å². The van der Waals surface area contributed by atoms with Gasteiger partial charge in [-0.25, -0.2) is 0 Å². The molecule has 0 rings (SSSR count). The van der Waals surface area contributed by atoms with Gasteiger partial charge < -0.3 is 5.11 Å². The van der Waals surface area contributed by atoms with Crippen LogP contribution in [0.3, 0.4) is 0 Å². The summed E-state index contributed by atoms with van der Waals surface area (Å²) in [5.74, 6) is 0.998. The van der Waals surface area contributed by atoms with E-state index in [9.17, 15) is 5.11 Å². The molecule has 0 fully saturated rings. The summed E-state index contributed by atoms with van der Waals surface area (Å²) in [5, 5.41) is 9.59. The smallest absolute Gasteiger partial charge is 0.0619 e. The molecule has 62 valence electrons. The van der Waals surface area contributed by atoms with Gasteiger partial charge in [-0.15, -0.1) is 0 Å². The first-order valence-corrected chi connectivity index (χ1v) is 4.12. The van der Waals surface area contributed by atoms with Crippen LogP contribution < -0.4 is 0 Å². The standard InChI is InChI=1S/C9H20O/c1-6-7(2)8(3)9(4,5)10/h7-8,10H,6H2,1-5H3. The highest BCUT2D eigenvalue weighted by molar-refractivity contribution is 4.76. The van der Waals surface area contributed by atoms with Crippen molar-refractivity contribution in [3.63, 3.8) is 0 Å². The maximum Gasteiger partial charge on any atom is 0.0619 e.